The number of H-pyrrole nitrogens is 1. The van der Waals surface area contributed by atoms with Gasteiger partial charge in [-0.15, -0.1) is 0 Å². The monoisotopic (exact) mass is 196 g/mol. The topological polar surface area (TPSA) is 83.8 Å². The van der Waals surface area contributed by atoms with Gasteiger partial charge in [0.15, 0.2) is 0 Å². The van der Waals surface area contributed by atoms with Crippen LogP contribution in [0.25, 0.3) is 0 Å². The van der Waals surface area contributed by atoms with Crippen molar-refractivity contribution in [3.63, 3.8) is 0 Å². The van der Waals surface area contributed by atoms with Gasteiger partial charge in [-0.2, -0.15) is 0 Å². The normalized spacial score (nSPS) is 12.4. The zero-order valence-corrected chi connectivity index (χ0v) is 8.29. The van der Waals surface area contributed by atoms with Gasteiger partial charge in [-0.3, -0.25) is 4.79 Å². The van der Waals surface area contributed by atoms with Crippen LogP contribution in [0.3, 0.4) is 0 Å². The molecule has 5 heteroatoms. The van der Waals surface area contributed by atoms with Crippen LogP contribution in [-0.4, -0.2) is 21.9 Å². The second-order valence-electron chi connectivity index (χ2n) is 3.19. The van der Waals surface area contributed by atoms with Crippen molar-refractivity contribution in [3.8, 4) is 0 Å². The average Bonchev–Trinajstić information content (AvgIpc) is 2.67. The van der Waals surface area contributed by atoms with Crippen molar-refractivity contribution in [2.45, 2.75) is 32.4 Å². The highest BCUT2D eigenvalue weighted by atomic mass is 16.2. The van der Waals surface area contributed by atoms with Crippen LogP contribution in [0.15, 0.2) is 12.5 Å². The molecule has 0 aliphatic rings. The largest absolute Gasteiger partial charge is 0.349 e. The summed E-state index contributed by atoms with van der Waals surface area (Å²) < 4.78 is 0. The molecule has 0 bridgehead atoms. The van der Waals surface area contributed by atoms with E-state index in [2.05, 4.69) is 15.3 Å². The third-order valence-electron chi connectivity index (χ3n) is 1.94. The van der Waals surface area contributed by atoms with Gasteiger partial charge in [-0.1, -0.05) is 13.3 Å². The van der Waals surface area contributed by atoms with Crippen LogP contribution in [0, 0.1) is 0 Å². The summed E-state index contributed by atoms with van der Waals surface area (Å²) >= 11 is 0. The van der Waals surface area contributed by atoms with Crippen molar-refractivity contribution in [1.29, 1.82) is 0 Å². The van der Waals surface area contributed by atoms with E-state index in [1.807, 2.05) is 6.92 Å². The number of aromatic nitrogens is 2. The minimum Gasteiger partial charge on any atom is -0.349 e. The third-order valence-corrected chi connectivity index (χ3v) is 1.94. The molecule has 1 rings (SSSR count). The molecule has 1 unspecified atom stereocenters. The zero-order chi connectivity index (χ0) is 10.4. The van der Waals surface area contributed by atoms with E-state index < -0.39 is 6.04 Å². The molecule has 1 amide bonds. The Balaban J connectivity index is 2.27. The summed E-state index contributed by atoms with van der Waals surface area (Å²) in [5, 5.41) is 2.73. The minimum absolute atomic E-state index is 0.110. The van der Waals surface area contributed by atoms with Gasteiger partial charge in [-0.05, 0) is 6.42 Å². The molecule has 0 aliphatic heterocycles. The Morgan fingerprint density at radius 1 is 1.79 bits per heavy atom. The highest BCUT2D eigenvalue weighted by Crippen LogP contribution is 1.94. The van der Waals surface area contributed by atoms with E-state index in [1.165, 1.54) is 0 Å². The van der Waals surface area contributed by atoms with Crippen LogP contribution in [-0.2, 0) is 11.3 Å². The Morgan fingerprint density at radius 2 is 2.57 bits per heavy atom. The number of carbonyl (C=O) groups is 1. The van der Waals surface area contributed by atoms with Crippen molar-refractivity contribution >= 4 is 5.91 Å². The second-order valence-corrected chi connectivity index (χ2v) is 3.19. The number of carbonyl (C=O) groups excluding carboxylic acids is 1. The number of imidazole rings is 1. The second kappa shape index (κ2) is 5.39. The Hall–Kier alpha value is -1.36. The van der Waals surface area contributed by atoms with Crippen LogP contribution in [0.1, 0.15) is 25.5 Å². The summed E-state index contributed by atoms with van der Waals surface area (Å²) in [5.41, 5.74) is 6.51. The van der Waals surface area contributed by atoms with Crippen molar-refractivity contribution in [1.82, 2.24) is 15.3 Å². The van der Waals surface area contributed by atoms with E-state index in [1.54, 1.807) is 12.5 Å². The molecule has 0 fully saturated rings. The first-order valence-electron chi connectivity index (χ1n) is 4.74. The number of aromatic amines is 1. The summed E-state index contributed by atoms with van der Waals surface area (Å²) in [6, 6.07) is -0.400. The van der Waals surface area contributed by atoms with Crippen LogP contribution in [0.4, 0.5) is 0 Å². The number of amides is 1. The lowest BCUT2D eigenvalue weighted by molar-refractivity contribution is -0.122. The van der Waals surface area contributed by atoms with Gasteiger partial charge < -0.3 is 16.0 Å². The zero-order valence-electron chi connectivity index (χ0n) is 8.29. The van der Waals surface area contributed by atoms with Crippen molar-refractivity contribution < 1.29 is 4.79 Å². The maximum absolute atomic E-state index is 11.4. The van der Waals surface area contributed by atoms with Crippen molar-refractivity contribution in [2.75, 3.05) is 0 Å². The highest BCUT2D eigenvalue weighted by molar-refractivity contribution is 5.81. The molecule has 14 heavy (non-hydrogen) atoms. The summed E-state index contributed by atoms with van der Waals surface area (Å²) in [6.07, 6.45) is 4.88. The lowest BCUT2D eigenvalue weighted by Gasteiger charge is -2.09. The lowest BCUT2D eigenvalue weighted by atomic mass is 10.2. The first-order valence-corrected chi connectivity index (χ1v) is 4.74. The molecule has 78 valence electrons. The number of nitrogens with one attached hydrogen (secondary N) is 2. The Morgan fingerprint density at radius 3 is 3.14 bits per heavy atom. The molecule has 4 N–H and O–H groups in total. The van der Waals surface area contributed by atoms with Crippen LogP contribution < -0.4 is 11.1 Å². The molecular weight excluding hydrogens is 180 g/mol. The van der Waals surface area contributed by atoms with E-state index in [0.29, 0.717) is 6.54 Å². The Kier molecular flexibility index (Phi) is 4.12. The number of nitrogens with two attached hydrogens (primary N) is 1. The molecular formula is C9H16N4O. The van der Waals surface area contributed by atoms with E-state index in [9.17, 15) is 4.79 Å². The minimum atomic E-state index is -0.400. The van der Waals surface area contributed by atoms with Crippen molar-refractivity contribution in [2.24, 2.45) is 5.73 Å². The molecule has 0 spiro atoms. The number of hydrogen-bond acceptors (Lipinski definition) is 3. The molecule has 0 saturated carbocycles. The number of hydrogen-bond donors (Lipinski definition) is 3. The molecule has 1 aromatic heterocycles. The molecule has 0 saturated heterocycles. The lowest BCUT2D eigenvalue weighted by Crippen LogP contribution is -2.40. The fourth-order valence-electron chi connectivity index (χ4n) is 1.14. The van der Waals surface area contributed by atoms with Gasteiger partial charge in [-0.25, -0.2) is 4.98 Å². The fourth-order valence-corrected chi connectivity index (χ4v) is 1.14. The number of rotatable bonds is 5. The summed E-state index contributed by atoms with van der Waals surface area (Å²) in [5.74, 6) is -0.110. The van der Waals surface area contributed by atoms with Crippen molar-refractivity contribution in [3.05, 3.63) is 18.2 Å². The van der Waals surface area contributed by atoms with Gasteiger partial charge in [0, 0.05) is 6.20 Å². The van der Waals surface area contributed by atoms with Crippen LogP contribution in [0.5, 0.6) is 0 Å². The molecule has 1 heterocycles. The van der Waals surface area contributed by atoms with Crippen LogP contribution >= 0.6 is 0 Å². The highest BCUT2D eigenvalue weighted by Gasteiger charge is 2.11. The SMILES string of the molecule is CCCC(N)C(=O)NCc1cnc[nH]1. The molecule has 0 aromatic carbocycles. The standard InChI is InChI=1S/C9H16N4O/c1-2-3-8(10)9(14)12-5-7-4-11-6-13-7/h4,6,8H,2-3,5,10H2,1H3,(H,11,13)(H,12,14). The number of nitrogens with zero attached hydrogens (tertiary/aromatic N) is 1. The first kappa shape index (κ1) is 10.7. The van der Waals surface area contributed by atoms with E-state index >= 15 is 0 Å². The van der Waals surface area contributed by atoms with Crippen LogP contribution in [0.2, 0.25) is 0 Å². The van der Waals surface area contributed by atoms with E-state index in [0.717, 1.165) is 18.5 Å². The van der Waals surface area contributed by atoms with Gasteiger partial charge in [0.2, 0.25) is 5.91 Å². The molecule has 5 nitrogen and oxygen atoms in total. The van der Waals surface area contributed by atoms with E-state index in [-0.39, 0.29) is 5.91 Å². The first-order chi connectivity index (χ1) is 6.74. The summed E-state index contributed by atoms with van der Waals surface area (Å²) in [4.78, 5) is 18.1. The van der Waals surface area contributed by atoms with E-state index in [4.69, 9.17) is 5.73 Å². The quantitative estimate of drug-likeness (QED) is 0.627. The smallest absolute Gasteiger partial charge is 0.237 e. The van der Waals surface area contributed by atoms with Gasteiger partial charge in [0.05, 0.1) is 24.6 Å². The summed E-state index contributed by atoms with van der Waals surface area (Å²) in [7, 11) is 0. The predicted molar refractivity (Wildman–Crippen MR) is 53.3 cm³/mol. The maximum Gasteiger partial charge on any atom is 0.237 e. The molecule has 0 radical (unpaired) electrons. The fraction of sp³-hybridized carbons (Fsp3) is 0.556. The Labute approximate surface area is 83.1 Å². The average molecular weight is 196 g/mol. The van der Waals surface area contributed by atoms with Gasteiger partial charge in [0.1, 0.15) is 0 Å². The maximum atomic E-state index is 11.4. The molecule has 0 aliphatic carbocycles. The Bertz CT molecular complexity index is 270. The summed E-state index contributed by atoms with van der Waals surface area (Å²) in [6.45, 7) is 2.46. The molecule has 1 atom stereocenters. The molecule has 1 aromatic rings. The van der Waals surface area contributed by atoms with Gasteiger partial charge in [0.25, 0.3) is 0 Å². The van der Waals surface area contributed by atoms with Gasteiger partial charge >= 0.3 is 0 Å². The predicted octanol–water partition coefficient (Wildman–Crippen LogP) is 0.153. The third kappa shape index (κ3) is 3.18.